The Balaban J connectivity index is 1.99. The average molecular weight is 379 g/mol. The summed E-state index contributed by atoms with van der Waals surface area (Å²) >= 11 is 6.00. The second-order valence-electron chi connectivity index (χ2n) is 6.46. The second kappa shape index (κ2) is 7.68. The van der Waals surface area contributed by atoms with Crippen molar-refractivity contribution in [2.24, 2.45) is 0 Å². The molecule has 0 spiro atoms. The molecule has 0 unspecified atom stereocenters. The zero-order valence-corrected chi connectivity index (χ0v) is 15.2. The van der Waals surface area contributed by atoms with Crippen LogP contribution in [-0.4, -0.2) is 48.1 Å². The molecular formula is C16H22ClF3N4O. The maximum absolute atomic E-state index is 12.7. The van der Waals surface area contributed by atoms with Crippen LogP contribution < -0.4 is 10.2 Å². The molecule has 1 aromatic rings. The zero-order valence-electron chi connectivity index (χ0n) is 14.4. The van der Waals surface area contributed by atoms with Crippen LogP contribution in [0.5, 0.6) is 0 Å². The first-order valence-electron chi connectivity index (χ1n) is 8.10. The van der Waals surface area contributed by atoms with E-state index < -0.39 is 11.7 Å². The van der Waals surface area contributed by atoms with Crippen LogP contribution in [-0.2, 0) is 6.18 Å². The van der Waals surface area contributed by atoms with Gasteiger partial charge in [-0.15, -0.1) is 0 Å². The van der Waals surface area contributed by atoms with Crippen molar-refractivity contribution >= 4 is 23.4 Å². The molecule has 2 heterocycles. The van der Waals surface area contributed by atoms with E-state index in [-0.39, 0.29) is 23.1 Å². The van der Waals surface area contributed by atoms with Crippen molar-refractivity contribution < 1.29 is 18.0 Å². The molecular weight excluding hydrogens is 357 g/mol. The van der Waals surface area contributed by atoms with E-state index in [2.05, 4.69) is 10.3 Å². The molecule has 1 N–H and O–H groups in total. The van der Waals surface area contributed by atoms with Crippen LogP contribution in [0.25, 0.3) is 0 Å². The molecule has 0 atom stereocenters. The number of carbonyl (C=O) groups excluding carboxylic acids is 1. The third-order valence-electron chi connectivity index (χ3n) is 4.19. The van der Waals surface area contributed by atoms with Gasteiger partial charge >= 0.3 is 12.2 Å². The van der Waals surface area contributed by atoms with E-state index in [0.717, 1.165) is 12.3 Å². The Hall–Kier alpha value is -1.70. The van der Waals surface area contributed by atoms with E-state index in [4.69, 9.17) is 11.6 Å². The highest BCUT2D eigenvalue weighted by molar-refractivity contribution is 6.33. The predicted molar refractivity (Wildman–Crippen MR) is 90.9 cm³/mol. The number of hydrogen-bond acceptors (Lipinski definition) is 3. The van der Waals surface area contributed by atoms with Gasteiger partial charge < -0.3 is 15.1 Å². The Kier molecular flexibility index (Phi) is 6.03. The van der Waals surface area contributed by atoms with E-state index in [0.29, 0.717) is 31.7 Å². The van der Waals surface area contributed by atoms with E-state index in [1.54, 1.807) is 11.9 Å². The number of amides is 2. The summed E-state index contributed by atoms with van der Waals surface area (Å²) in [6.07, 6.45) is -2.27. The molecule has 1 saturated heterocycles. The van der Waals surface area contributed by atoms with Crippen LogP contribution in [0.3, 0.4) is 0 Å². The van der Waals surface area contributed by atoms with Crippen LogP contribution in [0.2, 0.25) is 5.02 Å². The monoisotopic (exact) mass is 378 g/mol. The van der Waals surface area contributed by atoms with Crippen LogP contribution in [0.1, 0.15) is 32.3 Å². The number of nitrogens with zero attached hydrogens (tertiary/aromatic N) is 3. The lowest BCUT2D eigenvalue weighted by Gasteiger charge is -2.37. The summed E-state index contributed by atoms with van der Waals surface area (Å²) in [5.41, 5.74) is -0.860. The number of rotatable bonds is 3. The Bertz CT molecular complexity index is 616. The smallest absolute Gasteiger partial charge is 0.355 e. The SMILES string of the molecule is CC(C)NC(=O)N(C)C1CCN(c2ncc(C(F)(F)F)cc2Cl)CC1. The van der Waals surface area contributed by atoms with Gasteiger partial charge in [-0.05, 0) is 32.8 Å². The molecule has 1 aliphatic rings. The van der Waals surface area contributed by atoms with Gasteiger partial charge in [0.2, 0.25) is 0 Å². The van der Waals surface area contributed by atoms with E-state index in [9.17, 15) is 18.0 Å². The maximum atomic E-state index is 12.7. The minimum Gasteiger partial charge on any atom is -0.355 e. The molecule has 1 aliphatic heterocycles. The molecule has 0 bridgehead atoms. The van der Waals surface area contributed by atoms with Gasteiger partial charge in [0.05, 0.1) is 10.6 Å². The lowest BCUT2D eigenvalue weighted by Crippen LogP contribution is -2.50. The summed E-state index contributed by atoms with van der Waals surface area (Å²) < 4.78 is 38.1. The van der Waals surface area contributed by atoms with Crippen LogP contribution in [0.4, 0.5) is 23.8 Å². The third kappa shape index (κ3) is 4.90. The van der Waals surface area contributed by atoms with Crippen LogP contribution in [0, 0.1) is 0 Å². The first-order chi connectivity index (χ1) is 11.6. The normalized spacial score (nSPS) is 16.2. The molecule has 0 radical (unpaired) electrons. The number of anilines is 1. The maximum Gasteiger partial charge on any atom is 0.417 e. The molecule has 9 heteroatoms. The van der Waals surface area contributed by atoms with Gasteiger partial charge in [0.15, 0.2) is 0 Å². The lowest BCUT2D eigenvalue weighted by molar-refractivity contribution is -0.137. The molecule has 0 saturated carbocycles. The predicted octanol–water partition coefficient (Wildman–Crippen LogP) is 3.77. The van der Waals surface area contributed by atoms with Gasteiger partial charge in [-0.2, -0.15) is 13.2 Å². The van der Waals surface area contributed by atoms with Crippen molar-refractivity contribution in [3.8, 4) is 0 Å². The summed E-state index contributed by atoms with van der Waals surface area (Å²) in [5.74, 6) is 0.349. The van der Waals surface area contributed by atoms with Gasteiger partial charge in [0, 0.05) is 38.4 Å². The van der Waals surface area contributed by atoms with Gasteiger partial charge in [0.1, 0.15) is 5.82 Å². The Morgan fingerprint density at radius 1 is 1.40 bits per heavy atom. The number of nitrogens with one attached hydrogen (secondary N) is 1. The Morgan fingerprint density at radius 2 is 2.00 bits per heavy atom. The minimum atomic E-state index is -4.46. The van der Waals surface area contributed by atoms with Gasteiger partial charge in [-0.3, -0.25) is 0 Å². The molecule has 5 nitrogen and oxygen atoms in total. The fourth-order valence-electron chi connectivity index (χ4n) is 2.80. The zero-order chi connectivity index (χ0) is 18.8. The Labute approximate surface area is 150 Å². The van der Waals surface area contributed by atoms with E-state index in [1.807, 2.05) is 18.7 Å². The van der Waals surface area contributed by atoms with Crippen molar-refractivity contribution in [3.63, 3.8) is 0 Å². The number of hydrogen-bond donors (Lipinski definition) is 1. The summed E-state index contributed by atoms with van der Waals surface area (Å²) in [7, 11) is 1.75. The first-order valence-corrected chi connectivity index (χ1v) is 8.48. The van der Waals surface area contributed by atoms with Crippen molar-refractivity contribution in [1.29, 1.82) is 0 Å². The summed E-state index contributed by atoms with van der Waals surface area (Å²) in [6, 6.07) is 0.908. The summed E-state index contributed by atoms with van der Waals surface area (Å²) in [4.78, 5) is 19.5. The van der Waals surface area contributed by atoms with Crippen molar-refractivity contribution in [1.82, 2.24) is 15.2 Å². The van der Waals surface area contributed by atoms with Crippen LogP contribution >= 0.6 is 11.6 Å². The molecule has 140 valence electrons. The highest BCUT2D eigenvalue weighted by Crippen LogP contribution is 2.34. The highest BCUT2D eigenvalue weighted by Gasteiger charge is 2.33. The third-order valence-corrected chi connectivity index (χ3v) is 4.47. The van der Waals surface area contributed by atoms with Gasteiger partial charge in [-0.1, -0.05) is 11.6 Å². The largest absolute Gasteiger partial charge is 0.417 e. The van der Waals surface area contributed by atoms with Crippen molar-refractivity contribution in [2.45, 2.75) is 44.9 Å². The fourth-order valence-corrected chi connectivity index (χ4v) is 3.08. The molecule has 2 amide bonds. The summed E-state index contributed by atoms with van der Waals surface area (Å²) in [6.45, 7) is 4.93. The second-order valence-corrected chi connectivity index (χ2v) is 6.87. The first kappa shape index (κ1) is 19.6. The average Bonchev–Trinajstić information content (AvgIpc) is 2.53. The van der Waals surface area contributed by atoms with Crippen molar-refractivity contribution in [2.75, 3.05) is 25.0 Å². The minimum absolute atomic E-state index is 0.0146. The molecule has 1 aromatic heterocycles. The number of aromatic nitrogens is 1. The molecule has 2 rings (SSSR count). The number of piperidine rings is 1. The van der Waals surface area contributed by atoms with E-state index >= 15 is 0 Å². The molecule has 1 fully saturated rings. The van der Waals surface area contributed by atoms with Crippen LogP contribution in [0.15, 0.2) is 12.3 Å². The number of carbonyl (C=O) groups is 1. The molecule has 0 aliphatic carbocycles. The number of halogens is 4. The highest BCUT2D eigenvalue weighted by atomic mass is 35.5. The molecule has 25 heavy (non-hydrogen) atoms. The van der Waals surface area contributed by atoms with Crippen molar-refractivity contribution in [3.05, 3.63) is 22.8 Å². The fraction of sp³-hybridized carbons (Fsp3) is 0.625. The number of pyridine rings is 1. The number of urea groups is 1. The Morgan fingerprint density at radius 3 is 2.48 bits per heavy atom. The standard InChI is InChI=1S/C16H22ClF3N4O/c1-10(2)22-15(25)23(3)12-4-6-24(7-5-12)14-13(17)8-11(9-21-14)16(18,19)20/h8-10,12H,4-7H2,1-3H3,(H,22,25). The lowest BCUT2D eigenvalue weighted by atomic mass is 10.0. The molecule has 0 aromatic carbocycles. The quantitative estimate of drug-likeness (QED) is 0.871. The van der Waals surface area contributed by atoms with Gasteiger partial charge in [0.25, 0.3) is 0 Å². The van der Waals surface area contributed by atoms with Gasteiger partial charge in [-0.25, -0.2) is 9.78 Å². The topological polar surface area (TPSA) is 48.5 Å². The van der Waals surface area contributed by atoms with E-state index in [1.165, 1.54) is 0 Å². The number of alkyl halides is 3. The summed E-state index contributed by atoms with van der Waals surface area (Å²) in [5, 5.41) is 2.83.